The normalized spacial score (nSPS) is 19.5. The van der Waals surface area contributed by atoms with E-state index in [0.29, 0.717) is 25.9 Å². The zero-order valence-corrected chi connectivity index (χ0v) is 11.9. The van der Waals surface area contributed by atoms with Crippen LogP contribution >= 0.6 is 0 Å². The summed E-state index contributed by atoms with van der Waals surface area (Å²) in [5.41, 5.74) is 1.09. The van der Waals surface area contributed by atoms with Gasteiger partial charge >= 0.3 is 0 Å². The third-order valence-electron chi connectivity index (χ3n) is 3.33. The van der Waals surface area contributed by atoms with Gasteiger partial charge in [0.2, 0.25) is 10.0 Å². The number of methoxy groups -OCH3 is 1. The van der Waals surface area contributed by atoms with Gasteiger partial charge in [-0.15, -0.1) is 0 Å². The molecule has 1 saturated heterocycles. The predicted molar refractivity (Wildman–Crippen MR) is 74.9 cm³/mol. The molecule has 1 unspecified atom stereocenters. The summed E-state index contributed by atoms with van der Waals surface area (Å²) in [5, 5.41) is 2.78. The van der Waals surface area contributed by atoms with Gasteiger partial charge in [-0.1, -0.05) is 12.1 Å². The first-order chi connectivity index (χ1) is 9.12. The smallest absolute Gasteiger partial charge is 0.215 e. The van der Waals surface area contributed by atoms with Gasteiger partial charge in [-0.2, -0.15) is 0 Å². The zero-order chi connectivity index (χ0) is 13.7. The SMILES string of the molecule is COc1ccc(CCNS(=O)(=O)C2CCNC2)cc1. The Hall–Kier alpha value is -1.11. The molecule has 1 atom stereocenters. The molecule has 0 aromatic heterocycles. The van der Waals surface area contributed by atoms with E-state index in [2.05, 4.69) is 10.0 Å². The lowest BCUT2D eigenvalue weighted by molar-refractivity contribution is 0.414. The molecule has 0 radical (unpaired) electrons. The minimum absolute atomic E-state index is 0.289. The molecular weight excluding hydrogens is 264 g/mol. The largest absolute Gasteiger partial charge is 0.497 e. The summed E-state index contributed by atoms with van der Waals surface area (Å²) >= 11 is 0. The summed E-state index contributed by atoms with van der Waals surface area (Å²) in [5.74, 6) is 0.807. The van der Waals surface area contributed by atoms with Crippen LogP contribution in [0.2, 0.25) is 0 Å². The molecule has 0 aliphatic carbocycles. The highest BCUT2D eigenvalue weighted by Crippen LogP contribution is 2.12. The fourth-order valence-corrected chi connectivity index (χ4v) is 3.53. The lowest BCUT2D eigenvalue weighted by Crippen LogP contribution is -2.36. The minimum Gasteiger partial charge on any atom is -0.497 e. The van der Waals surface area contributed by atoms with E-state index in [1.807, 2.05) is 24.3 Å². The van der Waals surface area contributed by atoms with Gasteiger partial charge in [-0.05, 0) is 37.1 Å². The van der Waals surface area contributed by atoms with E-state index in [1.165, 1.54) is 0 Å². The Kier molecular flexibility index (Phi) is 4.79. The van der Waals surface area contributed by atoms with Crippen LogP contribution in [0.15, 0.2) is 24.3 Å². The first kappa shape index (κ1) is 14.3. The predicted octanol–water partition coefficient (Wildman–Crippen LogP) is 0.519. The summed E-state index contributed by atoms with van der Waals surface area (Å²) in [6, 6.07) is 7.66. The van der Waals surface area contributed by atoms with E-state index >= 15 is 0 Å². The Balaban J connectivity index is 1.82. The number of sulfonamides is 1. The molecule has 0 saturated carbocycles. The van der Waals surface area contributed by atoms with Gasteiger partial charge in [0.05, 0.1) is 12.4 Å². The molecule has 5 nitrogen and oxygen atoms in total. The highest BCUT2D eigenvalue weighted by molar-refractivity contribution is 7.90. The molecule has 6 heteroatoms. The van der Waals surface area contributed by atoms with Crippen LogP contribution in [0.25, 0.3) is 0 Å². The standard InChI is InChI=1S/C13H20N2O3S/c1-18-12-4-2-11(3-5-12)6-9-15-19(16,17)13-7-8-14-10-13/h2-5,13-15H,6-10H2,1H3. The monoisotopic (exact) mass is 284 g/mol. The van der Waals surface area contributed by atoms with Gasteiger partial charge in [0, 0.05) is 13.1 Å². The summed E-state index contributed by atoms with van der Waals surface area (Å²) in [4.78, 5) is 0. The van der Waals surface area contributed by atoms with Crippen molar-refractivity contribution in [2.45, 2.75) is 18.1 Å². The second kappa shape index (κ2) is 6.36. The van der Waals surface area contributed by atoms with Crippen LogP contribution in [0.5, 0.6) is 5.75 Å². The van der Waals surface area contributed by atoms with Gasteiger partial charge in [0.25, 0.3) is 0 Å². The summed E-state index contributed by atoms with van der Waals surface area (Å²) in [6.45, 7) is 1.77. The van der Waals surface area contributed by atoms with Crippen LogP contribution in [-0.2, 0) is 16.4 Å². The molecule has 1 aromatic carbocycles. The Morgan fingerprint density at radius 2 is 2.11 bits per heavy atom. The summed E-state index contributed by atoms with van der Waals surface area (Å²) < 4.78 is 31.7. The molecule has 0 amide bonds. The molecule has 1 fully saturated rings. The maximum atomic E-state index is 12.0. The van der Waals surface area contributed by atoms with E-state index in [4.69, 9.17) is 4.74 Å². The molecule has 19 heavy (non-hydrogen) atoms. The third kappa shape index (κ3) is 3.92. The average molecular weight is 284 g/mol. The zero-order valence-electron chi connectivity index (χ0n) is 11.1. The van der Waals surface area contributed by atoms with Gasteiger partial charge in [-0.3, -0.25) is 0 Å². The van der Waals surface area contributed by atoms with Crippen molar-refractivity contribution in [3.63, 3.8) is 0 Å². The molecule has 1 aliphatic heterocycles. The van der Waals surface area contributed by atoms with E-state index in [1.54, 1.807) is 7.11 Å². The van der Waals surface area contributed by atoms with Crippen molar-refractivity contribution >= 4 is 10.0 Å². The van der Waals surface area contributed by atoms with Crippen molar-refractivity contribution in [3.05, 3.63) is 29.8 Å². The number of ether oxygens (including phenoxy) is 1. The van der Waals surface area contributed by atoms with E-state index in [9.17, 15) is 8.42 Å². The third-order valence-corrected chi connectivity index (χ3v) is 5.22. The average Bonchev–Trinajstić information content (AvgIpc) is 2.94. The number of benzene rings is 1. The molecule has 106 valence electrons. The Morgan fingerprint density at radius 1 is 1.37 bits per heavy atom. The van der Waals surface area contributed by atoms with Crippen molar-refractivity contribution in [2.24, 2.45) is 0 Å². The quantitative estimate of drug-likeness (QED) is 0.799. The van der Waals surface area contributed by atoms with Crippen molar-refractivity contribution in [1.82, 2.24) is 10.0 Å². The molecule has 1 heterocycles. The Bertz CT molecular complexity index is 493. The fraction of sp³-hybridized carbons (Fsp3) is 0.538. The van der Waals surface area contributed by atoms with E-state index in [-0.39, 0.29) is 5.25 Å². The van der Waals surface area contributed by atoms with Gasteiger partial charge in [0.1, 0.15) is 5.75 Å². The summed E-state index contributed by atoms with van der Waals surface area (Å²) in [7, 11) is -1.56. The van der Waals surface area contributed by atoms with Crippen molar-refractivity contribution in [3.8, 4) is 5.75 Å². The van der Waals surface area contributed by atoms with E-state index < -0.39 is 10.0 Å². The van der Waals surface area contributed by atoms with Crippen LogP contribution in [0, 0.1) is 0 Å². The van der Waals surface area contributed by atoms with Crippen LogP contribution in [0.3, 0.4) is 0 Å². The molecule has 0 spiro atoms. The maximum Gasteiger partial charge on any atom is 0.215 e. The molecular formula is C13H20N2O3S. The van der Waals surface area contributed by atoms with Crippen molar-refractivity contribution in [2.75, 3.05) is 26.7 Å². The second-order valence-electron chi connectivity index (χ2n) is 4.65. The maximum absolute atomic E-state index is 12.0. The first-order valence-corrected chi connectivity index (χ1v) is 7.98. The second-order valence-corrected chi connectivity index (χ2v) is 6.70. The lowest BCUT2D eigenvalue weighted by atomic mass is 10.1. The number of rotatable bonds is 6. The fourth-order valence-electron chi connectivity index (χ4n) is 2.14. The van der Waals surface area contributed by atoms with Gasteiger partial charge < -0.3 is 10.1 Å². The highest BCUT2D eigenvalue weighted by Gasteiger charge is 2.27. The van der Waals surface area contributed by atoms with Crippen LogP contribution in [0.4, 0.5) is 0 Å². The minimum atomic E-state index is -3.18. The van der Waals surface area contributed by atoms with Crippen LogP contribution in [-0.4, -0.2) is 40.4 Å². The van der Waals surface area contributed by atoms with Gasteiger partial charge in [0.15, 0.2) is 0 Å². The van der Waals surface area contributed by atoms with Crippen molar-refractivity contribution in [1.29, 1.82) is 0 Å². The van der Waals surface area contributed by atoms with Crippen molar-refractivity contribution < 1.29 is 13.2 Å². The topological polar surface area (TPSA) is 67.4 Å². The van der Waals surface area contributed by atoms with E-state index in [0.717, 1.165) is 17.9 Å². The molecule has 1 aliphatic rings. The number of nitrogens with one attached hydrogen (secondary N) is 2. The molecule has 1 aromatic rings. The number of hydrogen-bond donors (Lipinski definition) is 2. The van der Waals surface area contributed by atoms with Crippen LogP contribution < -0.4 is 14.8 Å². The molecule has 0 bridgehead atoms. The number of hydrogen-bond acceptors (Lipinski definition) is 4. The molecule has 2 N–H and O–H groups in total. The Morgan fingerprint density at radius 3 is 2.68 bits per heavy atom. The van der Waals surface area contributed by atoms with Crippen LogP contribution in [0.1, 0.15) is 12.0 Å². The molecule has 2 rings (SSSR count). The van der Waals surface area contributed by atoms with Gasteiger partial charge in [-0.25, -0.2) is 13.1 Å². The Labute approximate surface area is 114 Å². The first-order valence-electron chi connectivity index (χ1n) is 6.44. The summed E-state index contributed by atoms with van der Waals surface area (Å²) in [6.07, 6.45) is 1.38. The highest BCUT2D eigenvalue weighted by atomic mass is 32.2. The lowest BCUT2D eigenvalue weighted by Gasteiger charge is -2.11.